The summed E-state index contributed by atoms with van der Waals surface area (Å²) in [6.07, 6.45) is 3.92. The van der Waals surface area contributed by atoms with Gasteiger partial charge in [-0.3, -0.25) is 4.99 Å². The third-order valence-electron chi connectivity index (χ3n) is 3.54. The number of guanidine groups is 1. The Morgan fingerprint density at radius 1 is 1.21 bits per heavy atom. The minimum atomic E-state index is 0.643. The predicted molar refractivity (Wildman–Crippen MR) is 104 cm³/mol. The van der Waals surface area contributed by atoms with Gasteiger partial charge in [-0.15, -0.1) is 22.7 Å². The van der Waals surface area contributed by atoms with Crippen LogP contribution in [0, 0.1) is 19.8 Å². The lowest BCUT2D eigenvalue weighted by Gasteiger charge is -2.10. The summed E-state index contributed by atoms with van der Waals surface area (Å²) in [6, 6.07) is 0. The molecule has 2 aromatic heterocycles. The molecule has 7 heteroatoms. The minimum absolute atomic E-state index is 0.643. The first-order valence-corrected chi connectivity index (χ1v) is 9.92. The topological polar surface area (TPSA) is 62.2 Å². The van der Waals surface area contributed by atoms with E-state index in [0.29, 0.717) is 5.92 Å². The summed E-state index contributed by atoms with van der Waals surface area (Å²) in [7, 11) is 1.80. The van der Waals surface area contributed by atoms with E-state index in [2.05, 4.69) is 53.3 Å². The van der Waals surface area contributed by atoms with Crippen molar-refractivity contribution in [2.45, 2.75) is 47.1 Å². The molecule has 0 aliphatic heterocycles. The standard InChI is InChI=1S/C17H27N5S2/c1-11(2)8-16-20-9-14(24-16)10-21-17(18-5)19-7-6-15-22-12(3)13(4)23-15/h9,11H,6-8,10H2,1-5H3,(H2,18,19,21). The number of rotatable bonds is 7. The first-order chi connectivity index (χ1) is 11.5. The van der Waals surface area contributed by atoms with Crippen LogP contribution in [-0.2, 0) is 19.4 Å². The Hall–Kier alpha value is -1.47. The zero-order chi connectivity index (χ0) is 17.5. The molecule has 0 unspecified atom stereocenters. The maximum atomic E-state index is 4.56. The summed E-state index contributed by atoms with van der Waals surface area (Å²) in [6.45, 7) is 10.2. The molecule has 0 saturated heterocycles. The number of nitrogens with zero attached hydrogens (tertiary/aromatic N) is 3. The number of nitrogens with one attached hydrogen (secondary N) is 2. The highest BCUT2D eigenvalue weighted by Gasteiger charge is 2.06. The largest absolute Gasteiger partial charge is 0.356 e. The zero-order valence-corrected chi connectivity index (χ0v) is 16.8. The molecule has 0 aromatic carbocycles. The number of aryl methyl sites for hydroxylation is 2. The third kappa shape index (κ3) is 5.87. The molecule has 2 N–H and O–H groups in total. The van der Waals surface area contributed by atoms with Crippen molar-refractivity contribution >= 4 is 28.6 Å². The second kappa shape index (κ2) is 9.13. The zero-order valence-electron chi connectivity index (χ0n) is 15.1. The Morgan fingerprint density at radius 2 is 2.00 bits per heavy atom. The molecule has 24 heavy (non-hydrogen) atoms. The molecule has 0 bridgehead atoms. The van der Waals surface area contributed by atoms with E-state index in [1.54, 1.807) is 29.7 Å². The van der Waals surface area contributed by atoms with Gasteiger partial charge in [-0.25, -0.2) is 9.97 Å². The first-order valence-electron chi connectivity index (χ1n) is 8.29. The van der Waals surface area contributed by atoms with Gasteiger partial charge in [-0.1, -0.05) is 13.8 Å². The van der Waals surface area contributed by atoms with E-state index in [1.165, 1.54) is 19.8 Å². The van der Waals surface area contributed by atoms with Gasteiger partial charge in [0.25, 0.3) is 0 Å². The van der Waals surface area contributed by atoms with Crippen LogP contribution in [0.2, 0.25) is 0 Å². The average Bonchev–Trinajstić information content (AvgIpc) is 3.09. The van der Waals surface area contributed by atoms with Crippen LogP contribution in [0.3, 0.4) is 0 Å². The lowest BCUT2D eigenvalue weighted by Crippen LogP contribution is -2.37. The van der Waals surface area contributed by atoms with Crippen LogP contribution >= 0.6 is 22.7 Å². The van der Waals surface area contributed by atoms with Crippen LogP contribution in [0.5, 0.6) is 0 Å². The summed E-state index contributed by atoms with van der Waals surface area (Å²) >= 11 is 3.55. The van der Waals surface area contributed by atoms with E-state index in [9.17, 15) is 0 Å². The second-order valence-corrected chi connectivity index (χ2v) is 8.66. The number of aliphatic imine (C=N–C) groups is 1. The highest BCUT2D eigenvalue weighted by molar-refractivity contribution is 7.11. The molecule has 2 aromatic rings. The fourth-order valence-corrected chi connectivity index (χ4v) is 4.21. The van der Waals surface area contributed by atoms with Crippen molar-refractivity contribution in [2.75, 3.05) is 13.6 Å². The SMILES string of the molecule is CN=C(NCCc1nc(C)c(C)s1)NCc1cnc(CC(C)C)s1. The fraction of sp³-hybridized carbons (Fsp3) is 0.588. The summed E-state index contributed by atoms with van der Waals surface area (Å²) in [5.74, 6) is 1.46. The third-order valence-corrected chi connectivity index (χ3v) is 5.69. The number of aromatic nitrogens is 2. The number of thiazole rings is 2. The van der Waals surface area contributed by atoms with Crippen LogP contribution in [0.1, 0.15) is 39.3 Å². The molecule has 0 fully saturated rings. The van der Waals surface area contributed by atoms with Gasteiger partial charge in [-0.2, -0.15) is 0 Å². The van der Waals surface area contributed by atoms with E-state index >= 15 is 0 Å². The molecule has 0 aliphatic rings. The molecular formula is C17H27N5S2. The lowest BCUT2D eigenvalue weighted by atomic mass is 10.1. The normalized spacial score (nSPS) is 12.0. The van der Waals surface area contributed by atoms with Crippen molar-refractivity contribution in [3.63, 3.8) is 0 Å². The van der Waals surface area contributed by atoms with Crippen molar-refractivity contribution in [1.29, 1.82) is 0 Å². The average molecular weight is 366 g/mol. The number of hydrogen-bond donors (Lipinski definition) is 2. The number of hydrogen-bond acceptors (Lipinski definition) is 5. The van der Waals surface area contributed by atoms with Gasteiger partial charge in [0.05, 0.1) is 22.3 Å². The highest BCUT2D eigenvalue weighted by atomic mass is 32.1. The van der Waals surface area contributed by atoms with Gasteiger partial charge in [0.1, 0.15) is 0 Å². The summed E-state index contributed by atoms with van der Waals surface area (Å²) in [5, 5.41) is 9.08. The molecule has 0 atom stereocenters. The molecule has 0 saturated carbocycles. The van der Waals surface area contributed by atoms with Crippen molar-refractivity contribution in [3.8, 4) is 0 Å². The molecule has 0 spiro atoms. The smallest absolute Gasteiger partial charge is 0.191 e. The monoisotopic (exact) mass is 365 g/mol. The minimum Gasteiger partial charge on any atom is -0.356 e. The van der Waals surface area contributed by atoms with E-state index in [-0.39, 0.29) is 0 Å². The Bertz CT molecular complexity index is 653. The Balaban J connectivity index is 1.75. The Labute approximate surface area is 152 Å². The van der Waals surface area contributed by atoms with Gasteiger partial charge in [0.2, 0.25) is 0 Å². The van der Waals surface area contributed by atoms with Crippen molar-refractivity contribution in [2.24, 2.45) is 10.9 Å². The van der Waals surface area contributed by atoms with E-state index < -0.39 is 0 Å². The van der Waals surface area contributed by atoms with Crippen LogP contribution < -0.4 is 10.6 Å². The molecule has 2 heterocycles. The molecule has 0 aliphatic carbocycles. The van der Waals surface area contributed by atoms with Crippen LogP contribution in [0.4, 0.5) is 0 Å². The van der Waals surface area contributed by atoms with Gasteiger partial charge < -0.3 is 10.6 Å². The van der Waals surface area contributed by atoms with Gasteiger partial charge in [0.15, 0.2) is 5.96 Å². The van der Waals surface area contributed by atoms with Gasteiger partial charge >= 0.3 is 0 Å². The van der Waals surface area contributed by atoms with E-state index in [4.69, 9.17) is 0 Å². The maximum absolute atomic E-state index is 4.56. The first kappa shape index (κ1) is 18.9. The summed E-state index contributed by atoms with van der Waals surface area (Å²) < 4.78 is 0. The maximum Gasteiger partial charge on any atom is 0.191 e. The van der Waals surface area contributed by atoms with Crippen molar-refractivity contribution < 1.29 is 0 Å². The molecule has 132 valence electrons. The summed E-state index contributed by atoms with van der Waals surface area (Å²) in [4.78, 5) is 15.9. The summed E-state index contributed by atoms with van der Waals surface area (Å²) in [5.41, 5.74) is 1.14. The second-order valence-electron chi connectivity index (χ2n) is 6.17. The molecule has 0 amide bonds. The van der Waals surface area contributed by atoms with Gasteiger partial charge in [-0.05, 0) is 19.8 Å². The predicted octanol–water partition coefficient (Wildman–Crippen LogP) is 3.32. The fourth-order valence-electron chi connectivity index (χ4n) is 2.20. The Morgan fingerprint density at radius 3 is 2.62 bits per heavy atom. The molecule has 2 rings (SSSR count). The quantitative estimate of drug-likeness (QED) is 0.584. The van der Waals surface area contributed by atoms with Crippen LogP contribution in [-0.4, -0.2) is 29.5 Å². The van der Waals surface area contributed by atoms with E-state index in [1.807, 2.05) is 6.20 Å². The highest BCUT2D eigenvalue weighted by Crippen LogP contribution is 2.17. The molecular weight excluding hydrogens is 338 g/mol. The lowest BCUT2D eigenvalue weighted by molar-refractivity contribution is 0.644. The van der Waals surface area contributed by atoms with Crippen LogP contribution in [0.15, 0.2) is 11.2 Å². The van der Waals surface area contributed by atoms with Gasteiger partial charge in [0, 0.05) is 42.4 Å². The van der Waals surface area contributed by atoms with Crippen molar-refractivity contribution in [3.05, 3.63) is 31.7 Å². The Kier molecular flexibility index (Phi) is 7.17. The van der Waals surface area contributed by atoms with E-state index in [0.717, 1.165) is 37.6 Å². The van der Waals surface area contributed by atoms with Crippen LogP contribution in [0.25, 0.3) is 0 Å². The van der Waals surface area contributed by atoms with Crippen molar-refractivity contribution in [1.82, 2.24) is 20.6 Å². The molecule has 5 nitrogen and oxygen atoms in total. The molecule has 0 radical (unpaired) electrons.